The highest BCUT2D eigenvalue weighted by atomic mass is 19.1. The highest BCUT2D eigenvalue weighted by Gasteiger charge is 2.28. The number of nitrogen functional groups attached to an aromatic ring is 1. The van der Waals surface area contributed by atoms with Crippen LogP contribution in [-0.2, 0) is 4.79 Å². The van der Waals surface area contributed by atoms with Crippen LogP contribution >= 0.6 is 0 Å². The van der Waals surface area contributed by atoms with E-state index in [9.17, 15) is 14.0 Å². The zero-order chi connectivity index (χ0) is 31.9. The monoisotopic (exact) mass is 615 g/mol. The number of fused-ring (bicyclic) bond motifs is 2. The summed E-state index contributed by atoms with van der Waals surface area (Å²) in [5.41, 5.74) is 11.5. The highest BCUT2D eigenvalue weighted by molar-refractivity contribution is 5.90. The summed E-state index contributed by atoms with van der Waals surface area (Å²) in [4.78, 5) is 36.6. The van der Waals surface area contributed by atoms with Gasteiger partial charge in [-0.25, -0.2) is 9.37 Å². The Morgan fingerprint density at radius 1 is 1.00 bits per heavy atom. The zero-order valence-corrected chi connectivity index (χ0v) is 25.7. The van der Waals surface area contributed by atoms with Crippen molar-refractivity contribution in [2.24, 2.45) is 5.92 Å². The number of nitrogens with zero attached hydrogens (tertiary/aromatic N) is 5. The standard InChI is InChI=1S/C36H34FN7O2/c1-22(2)35(45)42-16-12-24(13-17-42)31-20-29(33-34(38)40-15-18-43(31)33)23-3-7-27(8-4-23)41-32-19-25-11-14-39-21-30(25)36(46)44(32)28-9-5-26(37)6-10-28/h3-11,14-15,18-22,24,41H,12-13,16-17H2,1-2H3,(H2,38,40). The number of rotatable bonds is 6. The van der Waals surface area contributed by atoms with Crippen molar-refractivity contribution in [2.45, 2.75) is 32.6 Å². The number of aromatic nitrogens is 4. The maximum atomic E-state index is 13.7. The van der Waals surface area contributed by atoms with Crippen molar-refractivity contribution in [3.8, 4) is 16.8 Å². The summed E-state index contributed by atoms with van der Waals surface area (Å²) in [6, 6.07) is 19.6. The molecule has 4 aromatic heterocycles. The Kier molecular flexibility index (Phi) is 7.48. The van der Waals surface area contributed by atoms with E-state index in [-0.39, 0.29) is 29.1 Å². The Balaban J connectivity index is 1.22. The van der Waals surface area contributed by atoms with Crippen LogP contribution in [0.5, 0.6) is 0 Å². The van der Waals surface area contributed by atoms with Crippen LogP contribution < -0.4 is 16.6 Å². The maximum Gasteiger partial charge on any atom is 0.266 e. The zero-order valence-electron chi connectivity index (χ0n) is 25.7. The Hall–Kier alpha value is -5.51. The van der Waals surface area contributed by atoms with Gasteiger partial charge in [0, 0.05) is 66.7 Å². The molecule has 6 aromatic rings. The van der Waals surface area contributed by atoms with E-state index in [0.29, 0.717) is 22.7 Å². The van der Waals surface area contributed by atoms with Crippen molar-refractivity contribution in [1.82, 2.24) is 23.8 Å². The second-order valence-corrected chi connectivity index (χ2v) is 12.1. The smallest absolute Gasteiger partial charge is 0.266 e. The highest BCUT2D eigenvalue weighted by Crippen LogP contribution is 2.38. The van der Waals surface area contributed by atoms with E-state index < -0.39 is 0 Å². The van der Waals surface area contributed by atoms with Crippen LogP contribution in [0.1, 0.15) is 38.3 Å². The molecule has 10 heteroatoms. The number of likely N-dealkylation sites (tertiary alicyclic amines) is 1. The molecule has 46 heavy (non-hydrogen) atoms. The first-order valence-electron chi connectivity index (χ1n) is 15.5. The van der Waals surface area contributed by atoms with Crippen LogP contribution in [-0.4, -0.2) is 42.8 Å². The van der Waals surface area contributed by atoms with Gasteiger partial charge >= 0.3 is 0 Å². The first kappa shape index (κ1) is 29.2. The molecule has 0 radical (unpaired) electrons. The minimum absolute atomic E-state index is 0.00500. The maximum absolute atomic E-state index is 13.7. The van der Waals surface area contributed by atoms with Crippen LogP contribution in [0.15, 0.2) is 96.3 Å². The van der Waals surface area contributed by atoms with Crippen molar-refractivity contribution in [1.29, 1.82) is 0 Å². The SMILES string of the molecule is CC(C)C(=O)N1CCC(c2cc(-c3ccc(Nc4cc5ccncc5c(=O)n4-c4ccc(F)cc4)cc3)c3c(N)nccn23)CC1. The Labute approximate surface area is 265 Å². The van der Waals surface area contributed by atoms with Gasteiger partial charge in [0.25, 0.3) is 5.56 Å². The number of benzene rings is 2. The van der Waals surface area contributed by atoms with E-state index in [1.165, 1.54) is 16.7 Å². The second kappa shape index (κ2) is 11.8. The quantitative estimate of drug-likeness (QED) is 0.221. The molecule has 1 aliphatic rings. The summed E-state index contributed by atoms with van der Waals surface area (Å²) < 4.78 is 17.4. The van der Waals surface area contributed by atoms with Crippen molar-refractivity contribution in [3.63, 3.8) is 0 Å². The lowest BCUT2D eigenvalue weighted by molar-refractivity contribution is -0.135. The number of carbonyl (C=O) groups excluding carboxylic acids is 1. The summed E-state index contributed by atoms with van der Waals surface area (Å²) in [5, 5.41) is 4.61. The molecule has 0 unspecified atom stereocenters. The van der Waals surface area contributed by atoms with Crippen molar-refractivity contribution in [3.05, 3.63) is 113 Å². The van der Waals surface area contributed by atoms with Gasteiger partial charge in [-0.05, 0) is 78.4 Å². The van der Waals surface area contributed by atoms with Crippen LogP contribution in [0.3, 0.4) is 0 Å². The normalized spacial score (nSPS) is 14.0. The van der Waals surface area contributed by atoms with E-state index in [1.807, 2.05) is 55.3 Å². The molecular formula is C36H34FN7O2. The number of carbonyl (C=O) groups is 1. The Morgan fingerprint density at radius 3 is 2.46 bits per heavy atom. The lowest BCUT2D eigenvalue weighted by Gasteiger charge is -2.33. The summed E-state index contributed by atoms with van der Waals surface area (Å²) in [5.74, 6) is 1.09. The molecule has 1 saturated heterocycles. The molecule has 1 fully saturated rings. The predicted molar refractivity (Wildman–Crippen MR) is 179 cm³/mol. The number of halogens is 1. The Bertz CT molecular complexity index is 2130. The summed E-state index contributed by atoms with van der Waals surface area (Å²) in [6.07, 6.45) is 8.63. The number of anilines is 3. The molecular weight excluding hydrogens is 581 g/mol. The lowest BCUT2D eigenvalue weighted by Crippen LogP contribution is -2.40. The van der Waals surface area contributed by atoms with Gasteiger partial charge in [0.2, 0.25) is 5.91 Å². The molecule has 9 nitrogen and oxygen atoms in total. The number of pyridine rings is 2. The molecule has 0 aliphatic carbocycles. The first-order valence-corrected chi connectivity index (χ1v) is 15.5. The molecule has 3 N–H and O–H groups in total. The number of hydrogen-bond donors (Lipinski definition) is 2. The van der Waals surface area contributed by atoms with E-state index >= 15 is 0 Å². The molecule has 0 atom stereocenters. The molecule has 1 aliphatic heterocycles. The summed E-state index contributed by atoms with van der Waals surface area (Å²) >= 11 is 0. The van der Waals surface area contributed by atoms with Crippen molar-refractivity contribution < 1.29 is 9.18 Å². The topological polar surface area (TPSA) is 111 Å². The van der Waals surface area contributed by atoms with Crippen molar-refractivity contribution in [2.75, 3.05) is 24.1 Å². The third-order valence-electron chi connectivity index (χ3n) is 8.83. The van der Waals surface area contributed by atoms with Gasteiger partial charge in [-0.1, -0.05) is 26.0 Å². The van der Waals surface area contributed by atoms with E-state index in [0.717, 1.165) is 59.3 Å². The van der Waals surface area contributed by atoms with Gasteiger partial charge in [0.05, 0.1) is 16.6 Å². The number of amides is 1. The third-order valence-corrected chi connectivity index (χ3v) is 8.83. The van der Waals surface area contributed by atoms with Crippen LogP contribution in [0.2, 0.25) is 0 Å². The van der Waals surface area contributed by atoms with Gasteiger partial charge in [0.15, 0.2) is 0 Å². The molecule has 0 saturated carbocycles. The minimum Gasteiger partial charge on any atom is -0.382 e. The molecule has 5 heterocycles. The average Bonchev–Trinajstić information content (AvgIpc) is 3.47. The van der Waals surface area contributed by atoms with E-state index in [2.05, 4.69) is 25.8 Å². The van der Waals surface area contributed by atoms with Gasteiger partial charge in [-0.15, -0.1) is 0 Å². The number of piperidine rings is 1. The van der Waals surface area contributed by atoms with Crippen LogP contribution in [0.25, 0.3) is 33.1 Å². The van der Waals surface area contributed by atoms with Gasteiger partial charge in [-0.2, -0.15) is 0 Å². The largest absolute Gasteiger partial charge is 0.382 e. The number of nitrogens with two attached hydrogens (primary N) is 1. The van der Waals surface area contributed by atoms with Crippen molar-refractivity contribution >= 4 is 39.5 Å². The number of hydrogen-bond acceptors (Lipinski definition) is 6. The fraction of sp³-hybridized carbons (Fsp3) is 0.222. The fourth-order valence-corrected chi connectivity index (χ4v) is 6.47. The molecule has 0 spiro atoms. The van der Waals surface area contributed by atoms with E-state index in [1.54, 1.807) is 36.8 Å². The fourth-order valence-electron chi connectivity index (χ4n) is 6.47. The van der Waals surface area contributed by atoms with Gasteiger partial charge in [-0.3, -0.25) is 19.1 Å². The molecule has 232 valence electrons. The number of nitrogens with one attached hydrogen (secondary N) is 1. The van der Waals surface area contributed by atoms with Crippen LogP contribution in [0, 0.1) is 11.7 Å². The summed E-state index contributed by atoms with van der Waals surface area (Å²) in [7, 11) is 0. The molecule has 2 aromatic carbocycles. The third kappa shape index (κ3) is 5.25. The lowest BCUT2D eigenvalue weighted by atomic mass is 9.92. The molecule has 7 rings (SSSR count). The second-order valence-electron chi connectivity index (χ2n) is 12.1. The molecule has 0 bridgehead atoms. The predicted octanol–water partition coefficient (Wildman–Crippen LogP) is 6.53. The van der Waals surface area contributed by atoms with Crippen LogP contribution in [0.4, 0.5) is 21.7 Å². The summed E-state index contributed by atoms with van der Waals surface area (Å²) in [6.45, 7) is 5.36. The first-order chi connectivity index (χ1) is 22.3. The van der Waals surface area contributed by atoms with Gasteiger partial charge < -0.3 is 20.4 Å². The van der Waals surface area contributed by atoms with Gasteiger partial charge in [0.1, 0.15) is 17.5 Å². The molecule has 1 amide bonds. The van der Waals surface area contributed by atoms with E-state index in [4.69, 9.17) is 5.73 Å². The Morgan fingerprint density at radius 2 is 1.74 bits per heavy atom. The minimum atomic E-state index is -0.381. The average molecular weight is 616 g/mol.